The van der Waals surface area contributed by atoms with Gasteiger partial charge in [-0.2, -0.15) is 5.26 Å². The lowest BCUT2D eigenvalue weighted by Gasteiger charge is -2.27. The number of hydrogen-bond donors (Lipinski definition) is 3. The van der Waals surface area contributed by atoms with Gasteiger partial charge in [0.05, 0.1) is 24.0 Å². The highest BCUT2D eigenvalue weighted by atomic mass is 32.2. The van der Waals surface area contributed by atoms with E-state index in [1.807, 2.05) is 6.07 Å². The molecule has 0 spiro atoms. The molecule has 1 heterocycles. The Hall–Kier alpha value is -3.52. The highest BCUT2D eigenvalue weighted by Crippen LogP contribution is 2.14. The van der Waals surface area contributed by atoms with Crippen molar-refractivity contribution >= 4 is 21.8 Å². The summed E-state index contributed by atoms with van der Waals surface area (Å²) in [6.45, 7) is -0.433. The Balaban J connectivity index is 1.62. The number of benzene rings is 2. The maximum Gasteiger partial charge on any atom is 0.247 e. The number of sulfonamides is 1. The van der Waals surface area contributed by atoms with Gasteiger partial charge in [-0.25, -0.2) is 13.1 Å². The fourth-order valence-electron chi connectivity index (χ4n) is 3.39. The van der Waals surface area contributed by atoms with Gasteiger partial charge in [0.1, 0.15) is 12.1 Å². The second kappa shape index (κ2) is 10.9. The molecule has 0 radical (unpaired) electrons. The largest absolute Gasteiger partial charge is 0.394 e. The van der Waals surface area contributed by atoms with Crippen molar-refractivity contribution in [1.82, 2.24) is 14.9 Å². The summed E-state index contributed by atoms with van der Waals surface area (Å²) in [5.41, 5.74) is 1.83. The van der Waals surface area contributed by atoms with E-state index in [4.69, 9.17) is 5.26 Å². The van der Waals surface area contributed by atoms with Crippen molar-refractivity contribution in [3.63, 3.8) is 0 Å². The SMILES string of the molecule is N#Cc1ccc(CNC(=O)C2C=CCN2C(=O)[C@@H](CO)NS(=O)(=O)Cc2ccccc2)cc1. The Kier molecular flexibility index (Phi) is 7.95. The fourth-order valence-corrected chi connectivity index (χ4v) is 4.71. The smallest absolute Gasteiger partial charge is 0.247 e. The van der Waals surface area contributed by atoms with Crippen molar-refractivity contribution in [2.45, 2.75) is 24.4 Å². The van der Waals surface area contributed by atoms with Crippen molar-refractivity contribution in [1.29, 1.82) is 5.26 Å². The Bertz CT molecular complexity index is 1160. The molecular formula is C23H24N4O5S. The van der Waals surface area contributed by atoms with Crippen LogP contribution < -0.4 is 10.0 Å². The second-order valence-corrected chi connectivity index (χ2v) is 9.24. The number of aliphatic hydroxyl groups excluding tert-OH is 1. The number of nitriles is 1. The molecule has 2 aromatic rings. The van der Waals surface area contributed by atoms with Gasteiger partial charge >= 0.3 is 0 Å². The molecule has 2 aromatic carbocycles. The molecular weight excluding hydrogens is 444 g/mol. The molecule has 1 aliphatic rings. The molecule has 2 amide bonds. The third kappa shape index (κ3) is 6.49. The number of carbonyl (C=O) groups is 2. The monoisotopic (exact) mass is 468 g/mol. The lowest BCUT2D eigenvalue weighted by Crippen LogP contribution is -2.55. The topological polar surface area (TPSA) is 140 Å². The number of nitrogens with zero attached hydrogens (tertiary/aromatic N) is 2. The summed E-state index contributed by atoms with van der Waals surface area (Å²) >= 11 is 0. The normalized spacial score (nSPS) is 16.2. The lowest BCUT2D eigenvalue weighted by atomic mass is 10.1. The first kappa shape index (κ1) is 24.1. The van der Waals surface area contributed by atoms with Crippen molar-refractivity contribution in [2.75, 3.05) is 13.2 Å². The Morgan fingerprint density at radius 2 is 1.82 bits per heavy atom. The molecule has 1 aliphatic heterocycles. The van der Waals surface area contributed by atoms with Crippen LogP contribution in [0.5, 0.6) is 0 Å². The number of nitrogens with one attached hydrogen (secondary N) is 2. The molecule has 0 saturated carbocycles. The molecule has 1 unspecified atom stereocenters. The molecule has 9 nitrogen and oxygen atoms in total. The maximum absolute atomic E-state index is 13.0. The predicted octanol–water partition coefficient (Wildman–Crippen LogP) is 0.422. The zero-order valence-corrected chi connectivity index (χ0v) is 18.5. The average Bonchev–Trinajstić information content (AvgIpc) is 3.31. The number of rotatable bonds is 9. The molecule has 10 heteroatoms. The molecule has 2 atom stereocenters. The number of hydrogen-bond acceptors (Lipinski definition) is 6. The quantitative estimate of drug-likeness (QED) is 0.456. The summed E-state index contributed by atoms with van der Waals surface area (Å²) in [6, 6.07) is 14.9. The van der Waals surface area contributed by atoms with E-state index in [-0.39, 0.29) is 18.8 Å². The summed E-state index contributed by atoms with van der Waals surface area (Å²) in [5.74, 6) is -1.48. The standard InChI is InChI=1S/C23H24N4O5S/c24-13-17-8-10-18(11-9-17)14-25-22(29)21-7-4-12-27(21)23(30)20(15-28)26-33(31,32)16-19-5-2-1-3-6-19/h1-11,20-21,26,28H,12,14-16H2,(H,25,29)/t20-,21?/m1/s1. The second-order valence-electron chi connectivity index (χ2n) is 7.49. The van der Waals surface area contributed by atoms with E-state index in [9.17, 15) is 23.1 Å². The zero-order valence-electron chi connectivity index (χ0n) is 17.7. The molecule has 3 N–H and O–H groups in total. The summed E-state index contributed by atoms with van der Waals surface area (Å²) in [7, 11) is -3.91. The van der Waals surface area contributed by atoms with Crippen LogP contribution in [-0.2, 0) is 31.9 Å². The molecule has 0 aliphatic carbocycles. The summed E-state index contributed by atoms with van der Waals surface area (Å²) < 4.78 is 27.2. The van der Waals surface area contributed by atoms with Gasteiger partial charge in [-0.3, -0.25) is 9.59 Å². The van der Waals surface area contributed by atoms with E-state index in [0.717, 1.165) is 5.56 Å². The summed E-state index contributed by atoms with van der Waals surface area (Å²) in [5, 5.41) is 21.3. The minimum atomic E-state index is -3.91. The Morgan fingerprint density at radius 1 is 1.12 bits per heavy atom. The van der Waals surface area contributed by atoms with Gasteiger partial charge in [0, 0.05) is 13.1 Å². The highest BCUT2D eigenvalue weighted by molar-refractivity contribution is 7.88. The highest BCUT2D eigenvalue weighted by Gasteiger charge is 2.35. The first-order valence-electron chi connectivity index (χ1n) is 10.2. The Morgan fingerprint density at radius 3 is 2.45 bits per heavy atom. The van der Waals surface area contributed by atoms with Crippen LogP contribution in [0.1, 0.15) is 16.7 Å². The minimum absolute atomic E-state index is 0.116. The van der Waals surface area contributed by atoms with Gasteiger partial charge < -0.3 is 15.3 Å². The van der Waals surface area contributed by atoms with Gasteiger partial charge in [-0.15, -0.1) is 0 Å². The van der Waals surface area contributed by atoms with Crippen LogP contribution in [0, 0.1) is 11.3 Å². The van der Waals surface area contributed by atoms with Crippen LogP contribution in [0.25, 0.3) is 0 Å². The van der Waals surface area contributed by atoms with Crippen LogP contribution >= 0.6 is 0 Å². The van der Waals surface area contributed by atoms with E-state index in [1.54, 1.807) is 66.7 Å². The summed E-state index contributed by atoms with van der Waals surface area (Å²) in [4.78, 5) is 26.8. The maximum atomic E-state index is 13.0. The first-order chi connectivity index (χ1) is 15.8. The van der Waals surface area contributed by atoms with Crippen LogP contribution in [0.4, 0.5) is 0 Å². The average molecular weight is 469 g/mol. The first-order valence-corrected chi connectivity index (χ1v) is 11.9. The van der Waals surface area contributed by atoms with E-state index in [1.165, 1.54) is 4.90 Å². The Labute approximate surface area is 192 Å². The molecule has 0 bridgehead atoms. The van der Waals surface area contributed by atoms with Crippen molar-refractivity contribution in [2.24, 2.45) is 0 Å². The van der Waals surface area contributed by atoms with Crippen molar-refractivity contribution in [3.8, 4) is 6.07 Å². The van der Waals surface area contributed by atoms with Crippen LogP contribution in [0.3, 0.4) is 0 Å². The van der Waals surface area contributed by atoms with E-state index >= 15 is 0 Å². The van der Waals surface area contributed by atoms with Crippen LogP contribution in [0.15, 0.2) is 66.7 Å². The molecule has 172 valence electrons. The van der Waals surface area contributed by atoms with Gasteiger partial charge in [0.2, 0.25) is 21.8 Å². The van der Waals surface area contributed by atoms with Crippen molar-refractivity contribution in [3.05, 3.63) is 83.4 Å². The van der Waals surface area contributed by atoms with Gasteiger partial charge in [-0.1, -0.05) is 54.6 Å². The van der Waals surface area contributed by atoms with Gasteiger partial charge in [0.25, 0.3) is 0 Å². The third-order valence-corrected chi connectivity index (χ3v) is 6.42. The molecule has 33 heavy (non-hydrogen) atoms. The molecule has 0 aromatic heterocycles. The fraction of sp³-hybridized carbons (Fsp3) is 0.261. The molecule has 3 rings (SSSR count). The lowest BCUT2D eigenvalue weighted by molar-refractivity contribution is -0.139. The predicted molar refractivity (Wildman–Crippen MR) is 121 cm³/mol. The number of amides is 2. The van der Waals surface area contributed by atoms with E-state index in [0.29, 0.717) is 11.1 Å². The van der Waals surface area contributed by atoms with E-state index in [2.05, 4.69) is 10.0 Å². The van der Waals surface area contributed by atoms with Crippen LogP contribution in [0.2, 0.25) is 0 Å². The third-order valence-electron chi connectivity index (χ3n) is 5.06. The minimum Gasteiger partial charge on any atom is -0.394 e. The van der Waals surface area contributed by atoms with Crippen LogP contribution in [-0.4, -0.2) is 55.5 Å². The molecule has 0 saturated heterocycles. The van der Waals surface area contributed by atoms with Crippen molar-refractivity contribution < 1.29 is 23.1 Å². The zero-order chi connectivity index (χ0) is 23.8. The molecule has 0 fully saturated rings. The van der Waals surface area contributed by atoms with E-state index < -0.39 is 40.5 Å². The van der Waals surface area contributed by atoms with Gasteiger partial charge in [-0.05, 0) is 23.3 Å². The number of carbonyl (C=O) groups excluding carboxylic acids is 2. The summed E-state index contributed by atoms with van der Waals surface area (Å²) in [6.07, 6.45) is 3.19. The number of aliphatic hydroxyl groups is 1. The van der Waals surface area contributed by atoms with Gasteiger partial charge in [0.15, 0.2) is 0 Å².